The van der Waals surface area contributed by atoms with Gasteiger partial charge in [-0.3, -0.25) is 0 Å². The van der Waals surface area contributed by atoms with Gasteiger partial charge in [-0.15, -0.1) is 0 Å². The number of hydrogen-bond donors (Lipinski definition) is 1. The predicted octanol–water partition coefficient (Wildman–Crippen LogP) is 3.51. The van der Waals surface area contributed by atoms with Gasteiger partial charge in [0.2, 0.25) is 0 Å². The number of nitrogen functional groups attached to an aromatic ring is 1. The average Bonchev–Trinajstić information content (AvgIpc) is 2.33. The first kappa shape index (κ1) is 14.9. The van der Waals surface area contributed by atoms with Gasteiger partial charge in [-0.05, 0) is 42.7 Å². The van der Waals surface area contributed by atoms with Crippen LogP contribution in [0.1, 0.15) is 16.7 Å². The van der Waals surface area contributed by atoms with E-state index in [1.165, 1.54) is 6.07 Å². The molecule has 0 atom stereocenters. The number of sulfone groups is 1. The average molecular weight is 310 g/mol. The smallest absolute Gasteiger partial charge is 0.186 e. The minimum Gasteiger partial charge on any atom is -0.398 e. The fraction of sp³-hybridized carbons (Fsp3) is 0.200. The molecular formula is C15H16ClNO2S. The van der Waals surface area contributed by atoms with Crippen LogP contribution in [0.15, 0.2) is 41.3 Å². The largest absolute Gasteiger partial charge is 0.398 e. The van der Waals surface area contributed by atoms with Crippen molar-refractivity contribution in [1.82, 2.24) is 0 Å². The molecule has 2 rings (SSSR count). The van der Waals surface area contributed by atoms with Gasteiger partial charge in [-0.25, -0.2) is 8.42 Å². The Morgan fingerprint density at radius 2 is 1.80 bits per heavy atom. The van der Waals surface area contributed by atoms with E-state index in [1.807, 2.05) is 32.0 Å². The second-order valence-corrected chi connectivity index (χ2v) is 7.17. The molecule has 0 aromatic heterocycles. The van der Waals surface area contributed by atoms with E-state index in [-0.39, 0.29) is 21.4 Å². The number of aryl methyl sites for hydroxylation is 2. The van der Waals surface area contributed by atoms with Crippen LogP contribution in [-0.4, -0.2) is 8.42 Å². The molecule has 5 heteroatoms. The monoisotopic (exact) mass is 309 g/mol. The van der Waals surface area contributed by atoms with Crippen LogP contribution in [0.2, 0.25) is 5.02 Å². The third kappa shape index (κ3) is 2.97. The molecule has 2 N–H and O–H groups in total. The van der Waals surface area contributed by atoms with E-state index >= 15 is 0 Å². The molecule has 2 aromatic rings. The topological polar surface area (TPSA) is 60.2 Å². The molecule has 106 valence electrons. The predicted molar refractivity (Wildman–Crippen MR) is 82.7 cm³/mol. The van der Waals surface area contributed by atoms with Crippen LogP contribution in [0.25, 0.3) is 0 Å². The number of nitrogens with two attached hydrogens (primary N) is 1. The van der Waals surface area contributed by atoms with Gasteiger partial charge in [-0.2, -0.15) is 0 Å². The van der Waals surface area contributed by atoms with Gasteiger partial charge in [0.15, 0.2) is 9.84 Å². The summed E-state index contributed by atoms with van der Waals surface area (Å²) in [7, 11) is -3.56. The second kappa shape index (κ2) is 5.46. The molecule has 0 fully saturated rings. The Morgan fingerprint density at radius 3 is 2.40 bits per heavy atom. The Balaban J connectivity index is 2.43. The molecule has 0 bridgehead atoms. The van der Waals surface area contributed by atoms with Gasteiger partial charge in [0.25, 0.3) is 0 Å². The van der Waals surface area contributed by atoms with Crippen LogP contribution < -0.4 is 5.73 Å². The van der Waals surface area contributed by atoms with Crippen molar-refractivity contribution in [3.8, 4) is 0 Å². The van der Waals surface area contributed by atoms with E-state index in [4.69, 9.17) is 17.3 Å². The van der Waals surface area contributed by atoms with E-state index in [2.05, 4.69) is 0 Å². The van der Waals surface area contributed by atoms with Gasteiger partial charge < -0.3 is 5.73 Å². The summed E-state index contributed by atoms with van der Waals surface area (Å²) in [5.74, 6) is -0.109. The molecule has 2 aromatic carbocycles. The maximum atomic E-state index is 12.5. The van der Waals surface area contributed by atoms with Crippen molar-refractivity contribution < 1.29 is 8.42 Å². The molecule has 0 aliphatic rings. The molecule has 0 saturated carbocycles. The minimum absolute atomic E-state index is 0.0138. The fourth-order valence-electron chi connectivity index (χ4n) is 2.04. The number of hydrogen-bond acceptors (Lipinski definition) is 3. The number of halogens is 1. The maximum absolute atomic E-state index is 12.5. The zero-order valence-corrected chi connectivity index (χ0v) is 12.9. The van der Waals surface area contributed by atoms with Crippen molar-refractivity contribution in [1.29, 1.82) is 0 Å². The highest BCUT2D eigenvalue weighted by molar-refractivity contribution is 7.91. The normalized spacial score (nSPS) is 11.6. The summed E-state index contributed by atoms with van der Waals surface area (Å²) in [5, 5.41) is 0.161. The van der Waals surface area contributed by atoms with E-state index in [9.17, 15) is 8.42 Å². The number of rotatable bonds is 3. The van der Waals surface area contributed by atoms with E-state index < -0.39 is 9.84 Å². The maximum Gasteiger partial charge on any atom is 0.186 e. The molecule has 20 heavy (non-hydrogen) atoms. The third-order valence-electron chi connectivity index (χ3n) is 3.24. The van der Waals surface area contributed by atoms with Crippen molar-refractivity contribution in [2.24, 2.45) is 0 Å². The molecule has 0 saturated heterocycles. The number of benzene rings is 2. The summed E-state index contributed by atoms with van der Waals surface area (Å²) in [4.78, 5) is 0.0138. The van der Waals surface area contributed by atoms with Crippen LogP contribution >= 0.6 is 11.6 Å². The molecule has 0 amide bonds. The Kier molecular flexibility index (Phi) is 4.06. The van der Waals surface area contributed by atoms with Crippen molar-refractivity contribution in [2.45, 2.75) is 24.5 Å². The van der Waals surface area contributed by atoms with E-state index in [0.717, 1.165) is 16.7 Å². The quantitative estimate of drug-likeness (QED) is 0.883. The van der Waals surface area contributed by atoms with Crippen LogP contribution in [0.3, 0.4) is 0 Å². The number of anilines is 1. The first-order valence-corrected chi connectivity index (χ1v) is 8.17. The molecule has 0 heterocycles. The van der Waals surface area contributed by atoms with Crippen molar-refractivity contribution in [3.05, 3.63) is 58.1 Å². The first-order chi connectivity index (χ1) is 9.31. The van der Waals surface area contributed by atoms with Gasteiger partial charge in [0, 0.05) is 0 Å². The zero-order chi connectivity index (χ0) is 14.9. The highest BCUT2D eigenvalue weighted by Gasteiger charge is 2.21. The molecular weight excluding hydrogens is 294 g/mol. The lowest BCUT2D eigenvalue weighted by Gasteiger charge is -2.10. The fourth-order valence-corrected chi connectivity index (χ4v) is 4.13. The highest BCUT2D eigenvalue weighted by atomic mass is 35.5. The Morgan fingerprint density at radius 1 is 1.10 bits per heavy atom. The molecule has 0 spiro atoms. The van der Waals surface area contributed by atoms with Crippen molar-refractivity contribution in [3.63, 3.8) is 0 Å². The zero-order valence-electron chi connectivity index (χ0n) is 11.4. The van der Waals surface area contributed by atoms with Crippen molar-refractivity contribution >= 4 is 27.1 Å². The van der Waals surface area contributed by atoms with Gasteiger partial charge in [-0.1, -0.05) is 35.9 Å². The lowest BCUT2D eigenvalue weighted by Crippen LogP contribution is -2.09. The summed E-state index contributed by atoms with van der Waals surface area (Å²) in [6, 6.07) is 10.3. The molecule has 0 aliphatic carbocycles. The third-order valence-corrected chi connectivity index (χ3v) is 5.45. The van der Waals surface area contributed by atoms with E-state index in [0.29, 0.717) is 0 Å². The van der Waals surface area contributed by atoms with Gasteiger partial charge in [0.05, 0.1) is 16.5 Å². The lowest BCUT2D eigenvalue weighted by atomic mass is 10.1. The van der Waals surface area contributed by atoms with Crippen LogP contribution in [-0.2, 0) is 15.6 Å². The lowest BCUT2D eigenvalue weighted by molar-refractivity contribution is 0.595. The molecule has 0 radical (unpaired) electrons. The summed E-state index contributed by atoms with van der Waals surface area (Å²) >= 11 is 5.98. The van der Waals surface area contributed by atoms with Crippen molar-refractivity contribution in [2.75, 3.05) is 5.73 Å². The van der Waals surface area contributed by atoms with Crippen LogP contribution in [0.4, 0.5) is 5.69 Å². The van der Waals surface area contributed by atoms with E-state index in [1.54, 1.807) is 12.1 Å². The highest BCUT2D eigenvalue weighted by Crippen LogP contribution is 2.30. The summed E-state index contributed by atoms with van der Waals surface area (Å²) in [6.45, 7) is 3.94. The van der Waals surface area contributed by atoms with Gasteiger partial charge in [0.1, 0.15) is 4.90 Å². The first-order valence-electron chi connectivity index (χ1n) is 6.14. The Bertz CT molecular complexity index is 734. The molecule has 3 nitrogen and oxygen atoms in total. The Labute approximate surface area is 124 Å². The second-order valence-electron chi connectivity index (χ2n) is 4.84. The summed E-state index contributed by atoms with van der Waals surface area (Å²) < 4.78 is 25.0. The molecule has 0 aliphatic heterocycles. The standard InChI is InChI=1S/C15H16ClNO2S/c1-10-6-7-12(8-11(10)2)9-20(18,19)15-13(16)4-3-5-14(15)17/h3-8H,9,17H2,1-2H3. The van der Waals surface area contributed by atoms with Crippen LogP contribution in [0, 0.1) is 13.8 Å². The molecule has 0 unspecified atom stereocenters. The minimum atomic E-state index is -3.56. The van der Waals surface area contributed by atoms with Gasteiger partial charge >= 0.3 is 0 Å². The SMILES string of the molecule is Cc1ccc(CS(=O)(=O)c2c(N)cccc2Cl)cc1C. The summed E-state index contributed by atoms with van der Waals surface area (Å²) in [6.07, 6.45) is 0. The summed E-state index contributed by atoms with van der Waals surface area (Å²) in [5.41, 5.74) is 8.85. The van der Waals surface area contributed by atoms with Crippen LogP contribution in [0.5, 0.6) is 0 Å². The Hall–Kier alpha value is -1.52.